The van der Waals surface area contributed by atoms with Crippen molar-refractivity contribution in [2.24, 2.45) is 5.92 Å². The van der Waals surface area contributed by atoms with Crippen LogP contribution >= 0.6 is 11.3 Å². The number of carboxylic acids is 1. The minimum atomic E-state index is -1.01. The molecule has 3 heterocycles. The molecule has 1 N–H and O–H groups in total. The maximum atomic E-state index is 11.7. The first kappa shape index (κ1) is 20.2. The van der Waals surface area contributed by atoms with Gasteiger partial charge in [-0.25, -0.2) is 19.7 Å². The van der Waals surface area contributed by atoms with Crippen LogP contribution in [0.3, 0.4) is 0 Å². The summed E-state index contributed by atoms with van der Waals surface area (Å²) in [7, 11) is 3.93. The van der Waals surface area contributed by atoms with Crippen molar-refractivity contribution in [1.29, 1.82) is 0 Å². The zero-order valence-corrected chi connectivity index (χ0v) is 17.0. The van der Waals surface area contributed by atoms with Crippen LogP contribution in [0.15, 0.2) is 25.0 Å². The molecule has 1 fully saturated rings. The van der Waals surface area contributed by atoms with Gasteiger partial charge < -0.3 is 19.6 Å². The first-order valence-corrected chi connectivity index (χ1v) is 10.0. The molecule has 8 nitrogen and oxygen atoms in total. The Morgan fingerprint density at radius 1 is 1.46 bits per heavy atom. The highest BCUT2D eigenvalue weighted by Crippen LogP contribution is 2.34. The fourth-order valence-corrected chi connectivity index (χ4v) is 3.93. The largest absolute Gasteiger partial charge is 0.477 e. The van der Waals surface area contributed by atoms with Crippen LogP contribution in [0.4, 0.5) is 5.13 Å². The van der Waals surface area contributed by atoms with Crippen molar-refractivity contribution in [3.63, 3.8) is 0 Å². The van der Waals surface area contributed by atoms with E-state index in [9.17, 15) is 9.90 Å². The molecule has 2 aromatic heterocycles. The number of thiazole rings is 1. The number of hydrogen-bond acceptors (Lipinski definition) is 8. The summed E-state index contributed by atoms with van der Waals surface area (Å²) < 4.78 is 5.54. The highest BCUT2D eigenvalue weighted by Gasteiger charge is 2.25. The molecule has 2 aromatic rings. The number of rotatable bonds is 8. The summed E-state index contributed by atoms with van der Waals surface area (Å²) in [6.07, 6.45) is 7.11. The number of anilines is 1. The third-order valence-corrected chi connectivity index (χ3v) is 5.64. The highest BCUT2D eigenvalue weighted by molar-refractivity contribution is 7.17. The maximum Gasteiger partial charge on any atom is 0.348 e. The second kappa shape index (κ2) is 9.11. The fourth-order valence-electron chi connectivity index (χ4n) is 2.98. The van der Waals surface area contributed by atoms with Crippen molar-refractivity contribution >= 4 is 22.4 Å². The molecule has 3 rings (SSSR count). The van der Waals surface area contributed by atoms with E-state index in [4.69, 9.17) is 4.74 Å². The lowest BCUT2D eigenvalue weighted by molar-refractivity contribution is 0.0702. The summed E-state index contributed by atoms with van der Waals surface area (Å²) in [6, 6.07) is 0. The van der Waals surface area contributed by atoms with Gasteiger partial charge in [0.05, 0.1) is 12.4 Å². The molecular formula is C19H25N5O3S. The first-order valence-electron chi connectivity index (χ1n) is 9.19. The zero-order chi connectivity index (χ0) is 20.1. The molecule has 9 heteroatoms. The Bertz CT molecular complexity index is 821. The normalized spacial score (nSPS) is 17.0. The lowest BCUT2D eigenvalue weighted by Gasteiger charge is -2.30. The van der Waals surface area contributed by atoms with Gasteiger partial charge in [-0.15, -0.1) is 6.58 Å². The lowest BCUT2D eigenvalue weighted by Crippen LogP contribution is -2.34. The molecule has 150 valence electrons. The van der Waals surface area contributed by atoms with Crippen molar-refractivity contribution in [2.75, 3.05) is 45.2 Å². The number of ether oxygens (including phenoxy) is 1. The molecule has 1 atom stereocenters. The predicted octanol–water partition coefficient (Wildman–Crippen LogP) is 2.64. The van der Waals surface area contributed by atoms with E-state index in [1.54, 1.807) is 0 Å². The number of aromatic carboxylic acids is 1. The standard InChI is InChI=1S/C19H25N5O3S/c1-4-13-6-5-7-24(12-13)19-22-16(17(28-19)18(25)26)14-10-21-15(11-20-14)27-9-8-23(2)3/h4,10-11,13H,1,5-9,12H2,2-3H3,(H,25,26). The number of carbonyl (C=O) groups is 1. The molecule has 0 radical (unpaired) electrons. The van der Waals surface area contributed by atoms with Gasteiger partial charge in [-0.05, 0) is 32.9 Å². The fraction of sp³-hybridized carbons (Fsp3) is 0.474. The summed E-state index contributed by atoms with van der Waals surface area (Å²) in [6.45, 7) is 6.82. The van der Waals surface area contributed by atoms with Gasteiger partial charge in [0.2, 0.25) is 5.88 Å². The molecule has 0 spiro atoms. The van der Waals surface area contributed by atoms with Gasteiger partial charge in [-0.3, -0.25) is 0 Å². The smallest absolute Gasteiger partial charge is 0.348 e. The SMILES string of the molecule is C=CC1CCCN(c2nc(-c3cnc(OCCN(C)C)cn3)c(C(=O)O)s2)C1. The second-order valence-corrected chi connectivity index (χ2v) is 7.93. The Morgan fingerprint density at radius 2 is 2.29 bits per heavy atom. The quantitative estimate of drug-likeness (QED) is 0.673. The van der Waals surface area contributed by atoms with Crippen LogP contribution in [0.2, 0.25) is 0 Å². The summed E-state index contributed by atoms with van der Waals surface area (Å²) >= 11 is 1.18. The molecule has 1 saturated heterocycles. The highest BCUT2D eigenvalue weighted by atomic mass is 32.1. The molecule has 0 amide bonds. The maximum absolute atomic E-state index is 11.7. The van der Waals surface area contributed by atoms with Crippen molar-refractivity contribution < 1.29 is 14.6 Å². The average molecular weight is 404 g/mol. The Hall–Kier alpha value is -2.52. The van der Waals surface area contributed by atoms with E-state index in [-0.39, 0.29) is 4.88 Å². The van der Waals surface area contributed by atoms with Gasteiger partial charge in [0, 0.05) is 19.6 Å². The molecular weight excluding hydrogens is 378 g/mol. The Morgan fingerprint density at radius 3 is 2.93 bits per heavy atom. The number of carboxylic acid groups (broad SMARTS) is 1. The van der Waals surface area contributed by atoms with Crippen LogP contribution in [0.1, 0.15) is 22.5 Å². The number of nitrogens with zero attached hydrogens (tertiary/aromatic N) is 5. The molecule has 0 bridgehead atoms. The molecule has 0 aliphatic carbocycles. The van der Waals surface area contributed by atoms with E-state index in [0.717, 1.165) is 32.5 Å². The van der Waals surface area contributed by atoms with E-state index < -0.39 is 5.97 Å². The summed E-state index contributed by atoms with van der Waals surface area (Å²) in [5.74, 6) is -0.209. The van der Waals surface area contributed by atoms with Gasteiger partial charge in [-0.2, -0.15) is 0 Å². The van der Waals surface area contributed by atoms with Gasteiger partial charge >= 0.3 is 5.97 Å². The Balaban J connectivity index is 1.80. The summed E-state index contributed by atoms with van der Waals surface area (Å²) in [5, 5.41) is 10.3. The van der Waals surface area contributed by atoms with E-state index in [2.05, 4.69) is 26.4 Å². The van der Waals surface area contributed by atoms with Crippen LogP contribution in [0, 0.1) is 5.92 Å². The van der Waals surface area contributed by atoms with Crippen molar-refractivity contribution in [1.82, 2.24) is 19.9 Å². The van der Waals surface area contributed by atoms with Gasteiger partial charge in [-0.1, -0.05) is 17.4 Å². The number of likely N-dealkylation sites (N-methyl/N-ethyl adjacent to an activating group) is 1. The van der Waals surface area contributed by atoms with E-state index in [0.29, 0.717) is 34.9 Å². The number of hydrogen-bond donors (Lipinski definition) is 1. The Kier molecular flexibility index (Phi) is 6.58. The topological polar surface area (TPSA) is 91.7 Å². The van der Waals surface area contributed by atoms with E-state index in [1.807, 2.05) is 25.1 Å². The first-order chi connectivity index (χ1) is 13.5. The van der Waals surface area contributed by atoms with Crippen molar-refractivity contribution in [3.05, 3.63) is 29.9 Å². The van der Waals surface area contributed by atoms with Gasteiger partial charge in [0.15, 0.2) is 5.13 Å². The van der Waals surface area contributed by atoms with Gasteiger partial charge in [0.25, 0.3) is 0 Å². The molecule has 0 saturated carbocycles. The van der Waals surface area contributed by atoms with Crippen molar-refractivity contribution in [2.45, 2.75) is 12.8 Å². The molecule has 1 aliphatic heterocycles. The Labute approximate surface area is 168 Å². The van der Waals surface area contributed by atoms with Crippen LogP contribution in [0.5, 0.6) is 5.88 Å². The molecule has 1 aliphatic rings. The summed E-state index contributed by atoms with van der Waals surface area (Å²) in [5.41, 5.74) is 0.776. The predicted molar refractivity (Wildman–Crippen MR) is 109 cm³/mol. The van der Waals surface area contributed by atoms with E-state index in [1.165, 1.54) is 23.7 Å². The average Bonchev–Trinajstić information content (AvgIpc) is 3.14. The number of aromatic nitrogens is 3. The van der Waals surface area contributed by atoms with E-state index >= 15 is 0 Å². The van der Waals surface area contributed by atoms with Crippen molar-refractivity contribution in [3.8, 4) is 17.3 Å². The lowest BCUT2D eigenvalue weighted by atomic mass is 9.99. The van der Waals surface area contributed by atoms with Crippen LogP contribution in [0.25, 0.3) is 11.4 Å². The second-order valence-electron chi connectivity index (χ2n) is 6.95. The number of piperidine rings is 1. The molecule has 28 heavy (non-hydrogen) atoms. The van der Waals surface area contributed by atoms with Crippen LogP contribution in [-0.4, -0.2) is 71.3 Å². The van der Waals surface area contributed by atoms with Crippen LogP contribution in [-0.2, 0) is 0 Å². The molecule has 0 aromatic carbocycles. The summed E-state index contributed by atoms with van der Waals surface area (Å²) in [4.78, 5) is 29.2. The third kappa shape index (κ3) is 4.85. The van der Waals surface area contributed by atoms with Crippen LogP contribution < -0.4 is 9.64 Å². The molecule has 1 unspecified atom stereocenters. The monoisotopic (exact) mass is 403 g/mol. The minimum absolute atomic E-state index is 0.173. The zero-order valence-electron chi connectivity index (χ0n) is 16.2. The minimum Gasteiger partial charge on any atom is -0.477 e. The van der Waals surface area contributed by atoms with Gasteiger partial charge in [0.1, 0.15) is 22.9 Å². The third-order valence-electron chi connectivity index (χ3n) is 4.53.